The van der Waals surface area contributed by atoms with Crippen LogP contribution in [0.1, 0.15) is 0 Å². The molecule has 0 aliphatic heterocycles. The van der Waals surface area contributed by atoms with Crippen molar-refractivity contribution in [3.8, 4) is 16.8 Å². The Balaban J connectivity index is 1.11. The molecule has 0 bridgehead atoms. The van der Waals surface area contributed by atoms with E-state index in [-0.39, 0.29) is 0 Å². The molecule has 3 heterocycles. The fraction of sp³-hybridized carbons (Fsp3) is 0. The average molecular weight is 746 g/mol. The normalized spacial score (nSPS) is 11.8. The molecule has 3 aromatic heterocycles. The second-order valence-electron chi connectivity index (χ2n) is 13.3. The SMILES string of the molecule is c1ccc(-n2c3ccccc3c3cc(N(c4ccc(-c5ccc6[se]c7ccccc7c6c5)cc4)c4cccc5c4sc4ccccc45)ccc32)cc1. The molecule has 0 unspecified atom stereocenters. The molecule has 0 radical (unpaired) electrons. The van der Waals surface area contributed by atoms with Gasteiger partial charge in [0, 0.05) is 21.2 Å². The molecule has 0 N–H and O–H groups in total. The summed E-state index contributed by atoms with van der Waals surface area (Å²) < 4.78 is 7.93. The van der Waals surface area contributed by atoms with Gasteiger partial charge in [-0.3, -0.25) is 0 Å². The Kier molecular flexibility index (Phi) is 6.78. The van der Waals surface area contributed by atoms with Crippen LogP contribution in [0.5, 0.6) is 0 Å². The van der Waals surface area contributed by atoms with E-state index >= 15 is 0 Å². The molecule has 0 amide bonds. The summed E-state index contributed by atoms with van der Waals surface area (Å²) in [6.07, 6.45) is 0. The summed E-state index contributed by atoms with van der Waals surface area (Å²) in [4.78, 5) is 2.46. The zero-order valence-corrected chi connectivity index (χ0v) is 30.6. The van der Waals surface area contributed by atoms with Crippen molar-refractivity contribution in [1.82, 2.24) is 4.57 Å². The van der Waals surface area contributed by atoms with Gasteiger partial charge in [-0.1, -0.05) is 60.7 Å². The molecule has 4 heteroatoms. The Labute approximate surface area is 310 Å². The van der Waals surface area contributed by atoms with Gasteiger partial charge in [0.05, 0.1) is 11.0 Å². The van der Waals surface area contributed by atoms with Crippen molar-refractivity contribution in [2.24, 2.45) is 0 Å². The summed E-state index contributed by atoms with van der Waals surface area (Å²) in [7, 11) is 0. The van der Waals surface area contributed by atoms with E-state index in [4.69, 9.17) is 0 Å². The number of hydrogen-bond acceptors (Lipinski definition) is 2. The van der Waals surface area contributed by atoms with E-state index in [0.29, 0.717) is 14.5 Å². The van der Waals surface area contributed by atoms with E-state index in [1.165, 1.54) is 83.8 Å². The molecule has 8 aromatic carbocycles. The van der Waals surface area contributed by atoms with Crippen molar-refractivity contribution in [3.63, 3.8) is 0 Å². The van der Waals surface area contributed by atoms with Crippen LogP contribution < -0.4 is 4.90 Å². The van der Waals surface area contributed by atoms with E-state index in [9.17, 15) is 0 Å². The fourth-order valence-electron chi connectivity index (χ4n) is 8.00. The van der Waals surface area contributed by atoms with Crippen LogP contribution in [0.3, 0.4) is 0 Å². The Morgan fingerprint density at radius 3 is 1.98 bits per heavy atom. The number of anilines is 3. The molecule has 0 saturated carbocycles. The van der Waals surface area contributed by atoms with Crippen LogP contribution in [-0.2, 0) is 0 Å². The molecule has 11 rings (SSSR count). The number of aromatic nitrogens is 1. The first-order chi connectivity index (χ1) is 25.8. The molecule has 0 atom stereocenters. The third kappa shape index (κ3) is 4.62. The Morgan fingerprint density at radius 2 is 1.10 bits per heavy atom. The van der Waals surface area contributed by atoms with Gasteiger partial charge in [0.15, 0.2) is 0 Å². The number of hydrogen-bond donors (Lipinski definition) is 0. The fourth-order valence-corrected chi connectivity index (χ4v) is 11.5. The topological polar surface area (TPSA) is 8.17 Å². The zero-order valence-electron chi connectivity index (χ0n) is 28.0. The number of benzene rings is 8. The molecule has 244 valence electrons. The van der Waals surface area contributed by atoms with Gasteiger partial charge in [0.25, 0.3) is 0 Å². The Bertz CT molecular complexity index is 3130. The first kappa shape index (κ1) is 29.8. The standard InChI is InChI=1S/C48H30N2SSe/c1-2-11-33(12-3-1)50-42-17-7-4-13-36(42)40-30-35(26-27-43(40)50)49(44-18-10-16-39-37-14-5-8-19-45(37)51-48(39)44)34-24-21-31(22-25-34)32-23-28-47-41(29-32)38-15-6-9-20-46(38)52-47/h1-30H. The molecule has 2 nitrogen and oxygen atoms in total. The summed E-state index contributed by atoms with van der Waals surface area (Å²) in [5, 5.41) is 7.86. The van der Waals surface area contributed by atoms with E-state index in [1.807, 2.05) is 11.3 Å². The molecule has 52 heavy (non-hydrogen) atoms. The van der Waals surface area contributed by atoms with Crippen LogP contribution in [0, 0.1) is 0 Å². The van der Waals surface area contributed by atoms with Crippen LogP contribution in [0.2, 0.25) is 0 Å². The average Bonchev–Trinajstić information content (AvgIpc) is 3.88. The van der Waals surface area contributed by atoms with Gasteiger partial charge in [-0.2, -0.15) is 0 Å². The second-order valence-corrected chi connectivity index (χ2v) is 16.7. The monoisotopic (exact) mass is 746 g/mol. The first-order valence-corrected chi connectivity index (χ1v) is 20.1. The van der Waals surface area contributed by atoms with Crippen molar-refractivity contribution < 1.29 is 0 Å². The van der Waals surface area contributed by atoms with Crippen LogP contribution in [-0.4, -0.2) is 19.1 Å². The molecule has 0 aliphatic rings. The quantitative estimate of drug-likeness (QED) is 0.159. The van der Waals surface area contributed by atoms with Gasteiger partial charge in [-0.15, -0.1) is 0 Å². The zero-order chi connectivity index (χ0) is 34.2. The Morgan fingerprint density at radius 1 is 0.423 bits per heavy atom. The minimum Gasteiger partial charge on any atom is -0.0602 e. The van der Waals surface area contributed by atoms with E-state index in [2.05, 4.69) is 191 Å². The van der Waals surface area contributed by atoms with Gasteiger partial charge in [0.1, 0.15) is 0 Å². The number of para-hydroxylation sites is 2. The van der Waals surface area contributed by atoms with E-state index in [1.54, 1.807) is 0 Å². The van der Waals surface area contributed by atoms with E-state index < -0.39 is 0 Å². The first-order valence-electron chi connectivity index (χ1n) is 17.6. The van der Waals surface area contributed by atoms with Gasteiger partial charge in [0.2, 0.25) is 0 Å². The molecule has 0 aliphatic carbocycles. The van der Waals surface area contributed by atoms with Crippen molar-refractivity contribution in [2.75, 3.05) is 4.90 Å². The summed E-state index contributed by atoms with van der Waals surface area (Å²) in [5.41, 5.74) is 9.52. The molecular formula is C48H30N2SSe. The van der Waals surface area contributed by atoms with Crippen LogP contribution in [0.4, 0.5) is 17.1 Å². The predicted molar refractivity (Wildman–Crippen MR) is 226 cm³/mol. The molecule has 0 fully saturated rings. The van der Waals surface area contributed by atoms with Gasteiger partial charge < -0.3 is 4.57 Å². The number of nitrogens with zero attached hydrogens (tertiary/aromatic N) is 2. The van der Waals surface area contributed by atoms with Crippen LogP contribution in [0.25, 0.3) is 78.1 Å². The van der Waals surface area contributed by atoms with E-state index in [0.717, 1.165) is 11.4 Å². The minimum absolute atomic E-state index is 0.372. The summed E-state index contributed by atoms with van der Waals surface area (Å²) in [5.74, 6) is 0. The summed E-state index contributed by atoms with van der Waals surface area (Å²) >= 11 is 2.25. The molecular weight excluding hydrogens is 716 g/mol. The number of thiophene rings is 1. The van der Waals surface area contributed by atoms with Crippen LogP contribution >= 0.6 is 11.3 Å². The second kappa shape index (κ2) is 11.8. The molecule has 0 spiro atoms. The van der Waals surface area contributed by atoms with Gasteiger partial charge in [-0.05, 0) is 24.3 Å². The van der Waals surface area contributed by atoms with Crippen molar-refractivity contribution in [3.05, 3.63) is 182 Å². The van der Waals surface area contributed by atoms with Crippen molar-refractivity contribution >= 4 is 104 Å². The maximum atomic E-state index is 2.46. The van der Waals surface area contributed by atoms with Gasteiger partial charge in [-0.25, -0.2) is 0 Å². The number of rotatable bonds is 5. The van der Waals surface area contributed by atoms with Crippen molar-refractivity contribution in [2.45, 2.75) is 0 Å². The maximum absolute atomic E-state index is 2.46. The predicted octanol–water partition coefficient (Wildman–Crippen LogP) is 13.7. The number of fused-ring (bicyclic) bond motifs is 9. The summed E-state index contributed by atoms with van der Waals surface area (Å²) in [6, 6.07) is 67.1. The minimum atomic E-state index is 0.372. The third-order valence-corrected chi connectivity index (χ3v) is 14.0. The molecule has 11 aromatic rings. The molecule has 0 saturated heterocycles. The smallest absolute Gasteiger partial charge is 0.0602 e. The third-order valence-electron chi connectivity index (χ3n) is 10.4. The van der Waals surface area contributed by atoms with Gasteiger partial charge >= 0.3 is 191 Å². The van der Waals surface area contributed by atoms with Crippen LogP contribution in [0.15, 0.2) is 182 Å². The summed E-state index contributed by atoms with van der Waals surface area (Å²) in [6.45, 7) is 0. The van der Waals surface area contributed by atoms with Crippen molar-refractivity contribution in [1.29, 1.82) is 0 Å². The Hall–Kier alpha value is -5.90.